The number of methoxy groups -OCH3 is 1. The molecule has 1 heterocycles. The molecule has 1 aliphatic rings. The third kappa shape index (κ3) is 4.61. The van der Waals surface area contributed by atoms with Crippen molar-refractivity contribution in [3.8, 4) is 0 Å². The Balaban J connectivity index is 2.00. The minimum Gasteiger partial charge on any atom is -0.389 e. The number of hydrogen-bond donors (Lipinski definition) is 3. The van der Waals surface area contributed by atoms with E-state index in [2.05, 4.69) is 27.5 Å². The number of anilines is 2. The van der Waals surface area contributed by atoms with Crippen molar-refractivity contribution in [2.24, 2.45) is 0 Å². The van der Waals surface area contributed by atoms with Crippen LogP contribution >= 0.6 is 0 Å². The Bertz CT molecular complexity index is 424. The second-order valence-corrected chi connectivity index (χ2v) is 5.19. The summed E-state index contributed by atoms with van der Waals surface area (Å²) >= 11 is 0. The summed E-state index contributed by atoms with van der Waals surface area (Å²) in [6.07, 6.45) is 2.86. The molecule has 1 aliphatic carbocycles. The molecule has 0 amide bonds. The van der Waals surface area contributed by atoms with Gasteiger partial charge in [0.15, 0.2) is 0 Å². The quantitative estimate of drug-likeness (QED) is 0.637. The summed E-state index contributed by atoms with van der Waals surface area (Å²) in [6.45, 7) is 3.75. The van der Waals surface area contributed by atoms with Crippen molar-refractivity contribution in [2.75, 3.05) is 37.4 Å². The van der Waals surface area contributed by atoms with Gasteiger partial charge >= 0.3 is 0 Å². The SMILES string of the molecule is CCCNc1cc(NCC(O)COC)nc(C2CC2)n1. The molecule has 1 unspecified atom stereocenters. The molecule has 0 aromatic carbocycles. The molecule has 1 saturated carbocycles. The van der Waals surface area contributed by atoms with E-state index >= 15 is 0 Å². The van der Waals surface area contributed by atoms with E-state index in [1.54, 1.807) is 7.11 Å². The van der Waals surface area contributed by atoms with Gasteiger partial charge in [-0.15, -0.1) is 0 Å². The molecule has 112 valence electrons. The Morgan fingerprint density at radius 2 is 2.05 bits per heavy atom. The summed E-state index contributed by atoms with van der Waals surface area (Å²) < 4.78 is 4.91. The van der Waals surface area contributed by atoms with Crippen molar-refractivity contribution in [2.45, 2.75) is 38.2 Å². The van der Waals surface area contributed by atoms with E-state index in [-0.39, 0.29) is 0 Å². The zero-order valence-corrected chi connectivity index (χ0v) is 12.2. The van der Waals surface area contributed by atoms with E-state index < -0.39 is 6.10 Å². The molecule has 1 aromatic heterocycles. The lowest BCUT2D eigenvalue weighted by Gasteiger charge is -2.13. The maximum Gasteiger partial charge on any atom is 0.136 e. The topological polar surface area (TPSA) is 79.3 Å². The first-order valence-corrected chi connectivity index (χ1v) is 7.26. The van der Waals surface area contributed by atoms with Gasteiger partial charge in [-0.05, 0) is 19.3 Å². The molecule has 0 radical (unpaired) electrons. The van der Waals surface area contributed by atoms with Crippen LogP contribution in [0.25, 0.3) is 0 Å². The Morgan fingerprint density at radius 3 is 2.65 bits per heavy atom. The molecule has 20 heavy (non-hydrogen) atoms. The maximum absolute atomic E-state index is 9.67. The summed E-state index contributed by atoms with van der Waals surface area (Å²) in [6, 6.07) is 1.89. The highest BCUT2D eigenvalue weighted by atomic mass is 16.5. The van der Waals surface area contributed by atoms with Gasteiger partial charge in [-0.3, -0.25) is 0 Å². The van der Waals surface area contributed by atoms with Gasteiger partial charge in [0.2, 0.25) is 0 Å². The number of nitrogens with one attached hydrogen (secondary N) is 2. The second kappa shape index (κ2) is 7.40. The fourth-order valence-corrected chi connectivity index (χ4v) is 1.90. The van der Waals surface area contributed by atoms with E-state index in [1.165, 1.54) is 12.8 Å². The van der Waals surface area contributed by atoms with Crippen molar-refractivity contribution >= 4 is 11.6 Å². The smallest absolute Gasteiger partial charge is 0.136 e. The van der Waals surface area contributed by atoms with Crippen molar-refractivity contribution < 1.29 is 9.84 Å². The van der Waals surface area contributed by atoms with Gasteiger partial charge < -0.3 is 20.5 Å². The van der Waals surface area contributed by atoms with E-state index in [0.717, 1.165) is 30.4 Å². The molecule has 0 saturated heterocycles. The first-order chi connectivity index (χ1) is 9.72. The summed E-state index contributed by atoms with van der Waals surface area (Å²) in [7, 11) is 1.58. The van der Waals surface area contributed by atoms with E-state index in [4.69, 9.17) is 4.74 Å². The molecular weight excluding hydrogens is 256 g/mol. The van der Waals surface area contributed by atoms with Crippen LogP contribution in [0.4, 0.5) is 11.6 Å². The van der Waals surface area contributed by atoms with Gasteiger partial charge in [0.1, 0.15) is 17.5 Å². The zero-order valence-electron chi connectivity index (χ0n) is 12.2. The fourth-order valence-electron chi connectivity index (χ4n) is 1.90. The predicted octanol–water partition coefficient (Wildman–Crippen LogP) is 1.60. The summed E-state index contributed by atoms with van der Waals surface area (Å²) in [4.78, 5) is 9.07. The van der Waals surface area contributed by atoms with Gasteiger partial charge in [-0.2, -0.15) is 0 Å². The van der Waals surface area contributed by atoms with Gasteiger partial charge in [-0.1, -0.05) is 6.92 Å². The van der Waals surface area contributed by atoms with E-state index in [0.29, 0.717) is 19.1 Å². The molecule has 0 spiro atoms. The Kier molecular flexibility index (Phi) is 5.55. The molecule has 6 nitrogen and oxygen atoms in total. The van der Waals surface area contributed by atoms with Crippen LogP contribution in [0.1, 0.15) is 37.9 Å². The van der Waals surface area contributed by atoms with Crippen LogP contribution < -0.4 is 10.6 Å². The van der Waals surface area contributed by atoms with Gasteiger partial charge in [0.25, 0.3) is 0 Å². The van der Waals surface area contributed by atoms with Gasteiger partial charge in [0.05, 0.1) is 12.7 Å². The van der Waals surface area contributed by atoms with Crippen LogP contribution in [0.3, 0.4) is 0 Å². The third-order valence-electron chi connectivity index (χ3n) is 3.12. The molecule has 0 bridgehead atoms. The van der Waals surface area contributed by atoms with Crippen molar-refractivity contribution in [1.82, 2.24) is 9.97 Å². The highest BCUT2D eigenvalue weighted by Gasteiger charge is 2.27. The van der Waals surface area contributed by atoms with Crippen LogP contribution in [0.5, 0.6) is 0 Å². The minimum absolute atomic E-state index is 0.314. The first kappa shape index (κ1) is 15.0. The van der Waals surface area contributed by atoms with Crippen LogP contribution in [-0.4, -0.2) is 48.0 Å². The Labute approximate surface area is 120 Å². The number of aliphatic hydroxyl groups excluding tert-OH is 1. The first-order valence-electron chi connectivity index (χ1n) is 7.26. The zero-order chi connectivity index (χ0) is 14.4. The van der Waals surface area contributed by atoms with Crippen LogP contribution in [-0.2, 0) is 4.74 Å². The van der Waals surface area contributed by atoms with Crippen molar-refractivity contribution in [3.05, 3.63) is 11.9 Å². The normalized spacial score (nSPS) is 15.9. The molecular formula is C14H24N4O2. The summed E-state index contributed by atoms with van der Waals surface area (Å²) in [5.41, 5.74) is 0. The van der Waals surface area contributed by atoms with Crippen LogP contribution in [0.2, 0.25) is 0 Å². The summed E-state index contributed by atoms with van der Waals surface area (Å²) in [5.74, 6) is 3.01. The molecule has 6 heteroatoms. The second-order valence-electron chi connectivity index (χ2n) is 5.19. The van der Waals surface area contributed by atoms with Crippen LogP contribution in [0.15, 0.2) is 6.07 Å². The molecule has 1 atom stereocenters. The van der Waals surface area contributed by atoms with Crippen LogP contribution in [0, 0.1) is 0 Å². The molecule has 1 fully saturated rings. The number of hydrogen-bond acceptors (Lipinski definition) is 6. The molecule has 3 N–H and O–H groups in total. The van der Waals surface area contributed by atoms with E-state index in [1.807, 2.05) is 6.07 Å². The predicted molar refractivity (Wildman–Crippen MR) is 79.2 cm³/mol. The monoisotopic (exact) mass is 280 g/mol. The van der Waals surface area contributed by atoms with E-state index in [9.17, 15) is 5.11 Å². The number of nitrogens with zero attached hydrogens (tertiary/aromatic N) is 2. The fraction of sp³-hybridized carbons (Fsp3) is 0.714. The minimum atomic E-state index is -0.536. The largest absolute Gasteiger partial charge is 0.389 e. The lowest BCUT2D eigenvalue weighted by atomic mass is 10.3. The Morgan fingerprint density at radius 1 is 1.35 bits per heavy atom. The summed E-state index contributed by atoms with van der Waals surface area (Å²) in [5, 5.41) is 16.1. The maximum atomic E-state index is 9.67. The number of aliphatic hydroxyl groups is 1. The number of rotatable bonds is 9. The lowest BCUT2D eigenvalue weighted by Crippen LogP contribution is -2.24. The van der Waals surface area contributed by atoms with Gasteiger partial charge in [-0.25, -0.2) is 9.97 Å². The van der Waals surface area contributed by atoms with Gasteiger partial charge in [0, 0.05) is 32.2 Å². The lowest BCUT2D eigenvalue weighted by molar-refractivity contribution is 0.0727. The molecule has 0 aliphatic heterocycles. The highest BCUT2D eigenvalue weighted by molar-refractivity contribution is 5.48. The number of ether oxygens (including phenoxy) is 1. The highest BCUT2D eigenvalue weighted by Crippen LogP contribution is 2.38. The average molecular weight is 280 g/mol. The molecule has 2 rings (SSSR count). The molecule has 1 aromatic rings. The average Bonchev–Trinajstić information content (AvgIpc) is 3.28. The van der Waals surface area contributed by atoms with Crippen molar-refractivity contribution in [1.29, 1.82) is 0 Å². The Hall–Kier alpha value is -1.40. The third-order valence-corrected chi connectivity index (χ3v) is 3.12. The number of aromatic nitrogens is 2. The standard InChI is InChI=1S/C14H24N4O2/c1-3-6-15-12-7-13(16-8-11(19)9-20-2)18-14(17-12)10-4-5-10/h7,10-11,19H,3-6,8-9H2,1-2H3,(H2,15,16,17,18). The van der Waals surface area contributed by atoms with Crippen molar-refractivity contribution in [3.63, 3.8) is 0 Å².